The van der Waals surface area contributed by atoms with Crippen LogP contribution in [0.25, 0.3) is 0 Å². The molecule has 0 aliphatic heterocycles. The van der Waals surface area contributed by atoms with Crippen molar-refractivity contribution in [1.29, 1.82) is 0 Å². The van der Waals surface area contributed by atoms with E-state index in [1.807, 2.05) is 12.1 Å². The van der Waals surface area contributed by atoms with E-state index in [4.69, 9.17) is 40.9 Å². The number of primary amides is 3. The summed E-state index contributed by atoms with van der Waals surface area (Å²) >= 11 is 0. The molecule has 0 heterocycles. The molecular weight excluding hydrogens is 766 g/mol. The molecule has 5 unspecified atom stereocenters. The molecule has 0 aliphatic carbocycles. The van der Waals surface area contributed by atoms with Crippen molar-refractivity contribution in [2.45, 2.75) is 43.7 Å². The third-order valence-corrected chi connectivity index (χ3v) is 8.72. The largest absolute Gasteiger partial charge is 0.507 e. The number of aliphatic hydroxyl groups is 2. The van der Waals surface area contributed by atoms with Gasteiger partial charge >= 0.3 is 0 Å². The predicted molar refractivity (Wildman–Crippen MR) is 217 cm³/mol. The Morgan fingerprint density at radius 1 is 0.746 bits per heavy atom. The van der Waals surface area contributed by atoms with Crippen LogP contribution in [0.1, 0.15) is 33.2 Å². The summed E-state index contributed by atoms with van der Waals surface area (Å²) in [5, 5.41) is 50.0. The fourth-order valence-corrected chi connectivity index (χ4v) is 5.79. The molecule has 0 aliphatic rings. The zero-order chi connectivity index (χ0) is 42.9. The molecule has 0 saturated carbocycles. The summed E-state index contributed by atoms with van der Waals surface area (Å²) in [5.41, 5.74) is 16.4. The highest BCUT2D eigenvalue weighted by Gasteiger charge is 2.37. The number of carbonyl (C=O) groups excluding carboxylic acids is 3. The summed E-state index contributed by atoms with van der Waals surface area (Å²) < 4.78 is 29.5. The van der Waals surface area contributed by atoms with Crippen molar-refractivity contribution in [3.63, 3.8) is 0 Å². The quantitative estimate of drug-likeness (QED) is 0.0321. The Bertz CT molecular complexity index is 2010. The number of nitrogens with two attached hydrogens (primary N) is 3. The molecule has 0 aromatic heterocycles. The first-order chi connectivity index (χ1) is 28.2. The molecule has 4 rings (SSSR count). The van der Waals surface area contributed by atoms with E-state index in [0.29, 0.717) is 29.4 Å². The number of aliphatic hydroxyl groups excluding tert-OH is 2. The van der Waals surface area contributed by atoms with Crippen LogP contribution in [0.5, 0.6) is 40.2 Å². The highest BCUT2D eigenvalue weighted by molar-refractivity contribution is 5.96. The van der Waals surface area contributed by atoms with Gasteiger partial charge in [-0.2, -0.15) is 0 Å². The van der Waals surface area contributed by atoms with Crippen LogP contribution in [0.2, 0.25) is 0 Å². The number of phenols is 2. The van der Waals surface area contributed by atoms with Crippen molar-refractivity contribution in [1.82, 2.24) is 10.6 Å². The Kier molecular flexibility index (Phi) is 17.2. The second-order valence-electron chi connectivity index (χ2n) is 13.4. The molecule has 4 aromatic rings. The van der Waals surface area contributed by atoms with E-state index in [1.165, 1.54) is 36.4 Å². The molecule has 0 fully saturated rings. The molecule has 17 heteroatoms. The van der Waals surface area contributed by atoms with Gasteiger partial charge in [-0.05, 0) is 85.6 Å². The highest BCUT2D eigenvalue weighted by Crippen LogP contribution is 2.26. The fraction of sp³-hybridized carbons (Fsp3) is 0.310. The van der Waals surface area contributed by atoms with Gasteiger partial charge in [-0.3, -0.25) is 14.4 Å². The van der Waals surface area contributed by atoms with Crippen molar-refractivity contribution >= 4 is 17.7 Å². The minimum atomic E-state index is -1.32. The Hall–Kier alpha value is -6.53. The first kappa shape index (κ1) is 45.2. The summed E-state index contributed by atoms with van der Waals surface area (Å²) in [6.45, 7) is 5.35. The topological polar surface area (TPSA) is 280 Å². The SMILES string of the molecule is C=CCc1ccccc1OC(C(O)CNCCOc1ccc(O)c(C(N)=O)c1)C(NC(C)COc1ccc(O)c(C(N)=O)c1)C(O)COc1ccc(OCC(N)=O)cc1. The van der Waals surface area contributed by atoms with Gasteiger partial charge in [0.05, 0.1) is 17.2 Å². The maximum atomic E-state index is 11.8. The van der Waals surface area contributed by atoms with Crippen molar-refractivity contribution in [3.05, 3.63) is 114 Å². The number of hydrogen-bond acceptors (Lipinski definition) is 14. The third kappa shape index (κ3) is 14.1. The van der Waals surface area contributed by atoms with E-state index in [9.17, 15) is 34.8 Å². The Labute approximate surface area is 341 Å². The molecule has 0 spiro atoms. The minimum absolute atomic E-state index is 0.00000263. The van der Waals surface area contributed by atoms with Gasteiger partial charge in [0.25, 0.3) is 17.7 Å². The summed E-state index contributed by atoms with van der Waals surface area (Å²) in [4.78, 5) is 34.5. The van der Waals surface area contributed by atoms with Crippen LogP contribution in [0, 0.1) is 0 Å². The van der Waals surface area contributed by atoms with Crippen LogP contribution in [-0.2, 0) is 11.2 Å². The Balaban J connectivity index is 1.56. The van der Waals surface area contributed by atoms with E-state index >= 15 is 0 Å². The van der Waals surface area contributed by atoms with E-state index in [-0.39, 0.29) is 67.9 Å². The standard InChI is InChI=1S/C42H51N5O12/c1-3-6-26-7-4-5-8-37(26)59-40(35(50)21-46-17-18-55-29-13-15-33(48)31(19-29)41(44)53)39(36(51)23-57-27-9-11-28(12-10-27)58-24-38(43)52)47-25(2)22-56-30-14-16-34(49)32(20-30)42(45)54/h3-5,7-16,19-20,25,35-36,39-40,46-51H,1,6,17-18,21-24H2,2H3,(H2,43,52)(H2,44,53)(H2,45,54). The van der Waals surface area contributed by atoms with Gasteiger partial charge < -0.3 is 71.9 Å². The molecule has 17 nitrogen and oxygen atoms in total. The van der Waals surface area contributed by atoms with Gasteiger partial charge in [0.1, 0.15) is 78.4 Å². The summed E-state index contributed by atoms with van der Waals surface area (Å²) in [7, 11) is 0. The Morgan fingerprint density at radius 3 is 1.90 bits per heavy atom. The van der Waals surface area contributed by atoms with Crippen molar-refractivity contribution in [2.24, 2.45) is 17.2 Å². The number of ether oxygens (including phenoxy) is 5. The normalized spacial score (nSPS) is 13.5. The number of aromatic hydroxyl groups is 2. The van der Waals surface area contributed by atoms with E-state index in [0.717, 1.165) is 5.56 Å². The van der Waals surface area contributed by atoms with Crippen LogP contribution < -0.4 is 51.5 Å². The van der Waals surface area contributed by atoms with Crippen LogP contribution in [0.15, 0.2) is 97.6 Å². The molecule has 4 aromatic carbocycles. The maximum absolute atomic E-state index is 11.8. The van der Waals surface area contributed by atoms with Gasteiger partial charge in [0.15, 0.2) is 6.61 Å². The van der Waals surface area contributed by atoms with Crippen LogP contribution >= 0.6 is 0 Å². The fourth-order valence-electron chi connectivity index (χ4n) is 5.79. The van der Waals surface area contributed by atoms with Crippen LogP contribution in [-0.4, -0.2) is 108 Å². The molecule has 0 bridgehead atoms. The van der Waals surface area contributed by atoms with Crippen LogP contribution in [0.3, 0.4) is 0 Å². The third-order valence-electron chi connectivity index (χ3n) is 8.72. The number of carbonyl (C=O) groups is 3. The zero-order valence-electron chi connectivity index (χ0n) is 32.5. The van der Waals surface area contributed by atoms with E-state index in [1.54, 1.807) is 49.4 Å². The van der Waals surface area contributed by atoms with Crippen LogP contribution in [0.4, 0.5) is 0 Å². The molecule has 12 N–H and O–H groups in total. The summed E-state index contributed by atoms with van der Waals surface area (Å²) in [6, 6.07) is 20.2. The maximum Gasteiger partial charge on any atom is 0.255 e. The predicted octanol–water partition coefficient (Wildman–Crippen LogP) is 1.53. The molecular formula is C42H51N5O12. The van der Waals surface area contributed by atoms with E-state index < -0.39 is 48.1 Å². The lowest BCUT2D eigenvalue weighted by atomic mass is 9.98. The number of allylic oxidation sites excluding steroid dienone is 1. The number of amides is 3. The molecule has 5 atom stereocenters. The van der Waals surface area contributed by atoms with Crippen molar-refractivity contribution < 1.29 is 58.5 Å². The minimum Gasteiger partial charge on any atom is -0.507 e. The van der Waals surface area contributed by atoms with E-state index in [2.05, 4.69) is 17.2 Å². The van der Waals surface area contributed by atoms with Gasteiger partial charge in [-0.1, -0.05) is 24.3 Å². The molecule has 0 radical (unpaired) electrons. The highest BCUT2D eigenvalue weighted by atomic mass is 16.5. The Morgan fingerprint density at radius 2 is 1.31 bits per heavy atom. The number of hydrogen-bond donors (Lipinski definition) is 9. The first-order valence-corrected chi connectivity index (χ1v) is 18.6. The second kappa shape index (κ2) is 22.4. The average molecular weight is 818 g/mol. The second-order valence-corrected chi connectivity index (χ2v) is 13.4. The molecule has 316 valence electrons. The molecule has 59 heavy (non-hydrogen) atoms. The zero-order valence-corrected chi connectivity index (χ0v) is 32.5. The van der Waals surface area contributed by atoms with Gasteiger partial charge in [-0.15, -0.1) is 6.58 Å². The van der Waals surface area contributed by atoms with Crippen molar-refractivity contribution in [2.75, 3.05) is 39.5 Å². The lowest BCUT2D eigenvalue weighted by molar-refractivity contribution is -0.119. The number of nitrogens with one attached hydrogen (secondary N) is 2. The summed E-state index contributed by atoms with van der Waals surface area (Å²) in [6.07, 6.45) is -1.55. The lowest BCUT2D eigenvalue weighted by Crippen LogP contribution is -2.61. The first-order valence-electron chi connectivity index (χ1n) is 18.6. The number of para-hydroxylation sites is 1. The summed E-state index contributed by atoms with van der Waals surface area (Å²) in [5.74, 6) is -1.10. The smallest absolute Gasteiger partial charge is 0.255 e. The monoisotopic (exact) mass is 817 g/mol. The number of benzene rings is 4. The number of rotatable bonds is 26. The van der Waals surface area contributed by atoms with Crippen molar-refractivity contribution in [3.8, 4) is 40.2 Å². The van der Waals surface area contributed by atoms with Gasteiger partial charge in [0, 0.05) is 19.1 Å². The van der Waals surface area contributed by atoms with Gasteiger partial charge in [-0.25, -0.2) is 0 Å². The molecule has 3 amide bonds. The average Bonchev–Trinajstić information content (AvgIpc) is 3.21. The lowest BCUT2D eigenvalue weighted by Gasteiger charge is -2.37. The van der Waals surface area contributed by atoms with Gasteiger partial charge in [0.2, 0.25) is 0 Å². The molecule has 0 saturated heterocycles.